The van der Waals surface area contributed by atoms with E-state index in [0.717, 1.165) is 6.33 Å². The summed E-state index contributed by atoms with van der Waals surface area (Å²) in [5.74, 6) is 0.284. The van der Waals surface area contributed by atoms with E-state index in [1.165, 1.54) is 22.4 Å². The molecule has 4 heterocycles. The van der Waals surface area contributed by atoms with Crippen molar-refractivity contribution in [2.24, 2.45) is 7.05 Å². The highest BCUT2D eigenvalue weighted by Crippen LogP contribution is 2.66. The van der Waals surface area contributed by atoms with E-state index in [1.807, 2.05) is 0 Å². The zero-order valence-electron chi connectivity index (χ0n) is 19.2. The van der Waals surface area contributed by atoms with Gasteiger partial charge < -0.3 is 44.8 Å². The van der Waals surface area contributed by atoms with Crippen LogP contribution in [0.2, 0.25) is 0 Å². The monoisotopic (exact) mass is 602 g/mol. The van der Waals surface area contributed by atoms with Gasteiger partial charge in [0.15, 0.2) is 12.1 Å². The molecule has 3 aromatic heterocycles. The molecule has 24 heteroatoms. The molecular weight excluding hydrogens is 581 g/mol. The molecule has 21 nitrogen and oxygen atoms in total. The molecule has 0 amide bonds. The highest BCUT2D eigenvalue weighted by atomic mass is 31.3. The summed E-state index contributed by atoms with van der Waals surface area (Å²) < 4.78 is 54.5. The lowest BCUT2D eigenvalue weighted by Gasteiger charge is -2.27. The van der Waals surface area contributed by atoms with E-state index in [-0.39, 0.29) is 22.7 Å². The summed E-state index contributed by atoms with van der Waals surface area (Å²) in [7, 11) is -15.3. The van der Waals surface area contributed by atoms with Crippen LogP contribution in [0.15, 0.2) is 12.5 Å². The van der Waals surface area contributed by atoms with E-state index in [0.29, 0.717) is 5.56 Å². The largest absolute Gasteiger partial charge is 0.490 e. The van der Waals surface area contributed by atoms with Crippen molar-refractivity contribution in [1.29, 1.82) is 0 Å². The molecular formula is C14H21N8O13P3. The minimum Gasteiger partial charge on any atom is -0.387 e. The van der Waals surface area contributed by atoms with Crippen LogP contribution in [-0.2, 0) is 38.6 Å². The van der Waals surface area contributed by atoms with Gasteiger partial charge in [-0.2, -0.15) is 8.62 Å². The number of tetrazole rings is 1. The minimum atomic E-state index is -5.76. The maximum atomic E-state index is 12.1. The molecule has 0 bridgehead atoms. The molecule has 2 unspecified atom stereocenters. The van der Waals surface area contributed by atoms with Gasteiger partial charge in [-0.1, -0.05) is 0 Å². The smallest absolute Gasteiger partial charge is 0.387 e. The number of hydrogen-bond donors (Lipinski definition) is 7. The number of anilines is 1. The molecule has 4 rings (SSSR count). The van der Waals surface area contributed by atoms with E-state index in [9.17, 15) is 33.7 Å². The first-order valence-corrected chi connectivity index (χ1v) is 14.6. The van der Waals surface area contributed by atoms with Gasteiger partial charge in [0.1, 0.15) is 35.6 Å². The number of aryl methyl sites for hydroxylation is 1. The van der Waals surface area contributed by atoms with Gasteiger partial charge >= 0.3 is 23.5 Å². The van der Waals surface area contributed by atoms with Crippen molar-refractivity contribution in [2.75, 3.05) is 12.3 Å². The zero-order chi connectivity index (χ0) is 28.3. The highest BCUT2D eigenvalue weighted by molar-refractivity contribution is 7.66. The Morgan fingerprint density at radius 1 is 1.16 bits per heavy atom. The highest BCUT2D eigenvalue weighted by Gasteiger charge is 2.54. The Labute approximate surface area is 211 Å². The van der Waals surface area contributed by atoms with E-state index in [4.69, 9.17) is 20.3 Å². The molecule has 1 aliphatic heterocycles. The van der Waals surface area contributed by atoms with Gasteiger partial charge in [0, 0.05) is 13.2 Å². The standard InChI is InChI=1S/C14H21N8O13P3/c1-14(24)9(23)7(4-32-37(28,29)35-38(30,31)34-36(25,26)27)33-13(14)22-3-6(11-18-19-20-21(11)2)8-10(15)16-5-17-12(8)22/h3,5,7,9,13,23-24H,4H2,1-2H3,(H,28,29)(H,30,31)(H2,15,16,17)(H2,25,26,27)/t7-,9-,13-,14-/m1/s1. The van der Waals surface area contributed by atoms with Crippen LogP contribution in [0.25, 0.3) is 22.4 Å². The minimum absolute atomic E-state index is 0.0362. The van der Waals surface area contributed by atoms with E-state index in [2.05, 4.69) is 38.6 Å². The fourth-order valence-electron chi connectivity index (χ4n) is 3.76. The van der Waals surface area contributed by atoms with Crippen LogP contribution in [-0.4, -0.2) is 88.9 Å². The number of nitrogens with zero attached hydrogens (tertiary/aromatic N) is 7. The molecule has 210 valence electrons. The first kappa shape index (κ1) is 28.8. The molecule has 3 aromatic rings. The third kappa shape index (κ3) is 5.70. The molecule has 1 aliphatic rings. The summed E-state index contributed by atoms with van der Waals surface area (Å²) in [6.45, 7) is 0.182. The van der Waals surface area contributed by atoms with Gasteiger partial charge in [-0.15, -0.1) is 5.10 Å². The van der Waals surface area contributed by atoms with Gasteiger partial charge in [0.2, 0.25) is 0 Å². The fraction of sp³-hybridized carbons (Fsp3) is 0.500. The van der Waals surface area contributed by atoms with Crippen molar-refractivity contribution < 1.29 is 61.4 Å². The topological polar surface area (TPSA) is 310 Å². The quantitative estimate of drug-likeness (QED) is 0.138. The second kappa shape index (κ2) is 9.76. The molecule has 0 saturated carbocycles. The Morgan fingerprint density at radius 3 is 2.45 bits per heavy atom. The Hall–Kier alpha value is -2.22. The number of aliphatic hydroxyl groups is 2. The first-order valence-electron chi connectivity index (χ1n) is 10.1. The van der Waals surface area contributed by atoms with Crippen molar-refractivity contribution in [2.45, 2.75) is 31.0 Å². The molecule has 8 N–H and O–H groups in total. The second-order valence-electron chi connectivity index (χ2n) is 8.12. The normalized spacial score (nSPS) is 27.4. The molecule has 0 aromatic carbocycles. The van der Waals surface area contributed by atoms with Crippen LogP contribution in [0.3, 0.4) is 0 Å². The number of aromatic nitrogens is 7. The number of hydrogen-bond acceptors (Lipinski definition) is 15. The lowest BCUT2D eigenvalue weighted by Crippen LogP contribution is -2.44. The van der Waals surface area contributed by atoms with Crippen LogP contribution in [0, 0.1) is 0 Å². The zero-order valence-corrected chi connectivity index (χ0v) is 21.9. The molecule has 0 aliphatic carbocycles. The molecule has 38 heavy (non-hydrogen) atoms. The number of fused-ring (bicyclic) bond motifs is 1. The van der Waals surface area contributed by atoms with Crippen molar-refractivity contribution >= 4 is 40.3 Å². The maximum absolute atomic E-state index is 12.1. The molecule has 0 radical (unpaired) electrons. The summed E-state index contributed by atoms with van der Waals surface area (Å²) in [4.78, 5) is 44.3. The number of ether oxygens (including phenoxy) is 1. The fourth-order valence-corrected chi connectivity index (χ4v) is 6.79. The Morgan fingerprint density at radius 2 is 1.84 bits per heavy atom. The maximum Gasteiger partial charge on any atom is 0.490 e. The summed E-state index contributed by atoms with van der Waals surface area (Å²) >= 11 is 0. The van der Waals surface area contributed by atoms with Crippen LogP contribution in [0.4, 0.5) is 5.82 Å². The number of phosphoric acid groups is 3. The summed E-state index contributed by atoms with van der Waals surface area (Å²) in [5, 5.41) is 33.3. The van der Waals surface area contributed by atoms with Crippen LogP contribution < -0.4 is 5.73 Å². The van der Waals surface area contributed by atoms with Crippen molar-refractivity contribution in [3.63, 3.8) is 0 Å². The van der Waals surface area contributed by atoms with Crippen LogP contribution in [0.5, 0.6) is 0 Å². The van der Waals surface area contributed by atoms with Gasteiger partial charge in [-0.3, -0.25) is 4.52 Å². The Bertz CT molecular complexity index is 1500. The third-order valence-electron chi connectivity index (χ3n) is 5.32. The number of phosphoric ester groups is 1. The Balaban J connectivity index is 1.61. The van der Waals surface area contributed by atoms with E-state index < -0.39 is 54.1 Å². The predicted molar refractivity (Wildman–Crippen MR) is 120 cm³/mol. The molecule has 0 spiro atoms. The van der Waals surface area contributed by atoms with E-state index >= 15 is 0 Å². The number of nitrogens with two attached hydrogens (primary N) is 1. The lowest BCUT2D eigenvalue weighted by molar-refractivity contribution is -0.0946. The summed E-state index contributed by atoms with van der Waals surface area (Å²) in [5.41, 5.74) is 4.43. The van der Waals surface area contributed by atoms with Gasteiger partial charge in [0.25, 0.3) is 0 Å². The van der Waals surface area contributed by atoms with Gasteiger partial charge in [-0.05, 0) is 17.4 Å². The molecule has 6 atom stereocenters. The van der Waals surface area contributed by atoms with Gasteiger partial charge in [-0.25, -0.2) is 28.3 Å². The van der Waals surface area contributed by atoms with E-state index in [1.54, 1.807) is 7.05 Å². The average Bonchev–Trinajstić information content (AvgIpc) is 3.40. The average molecular weight is 602 g/mol. The number of aliphatic hydroxyl groups excluding tert-OH is 1. The lowest BCUT2D eigenvalue weighted by atomic mass is 9.96. The second-order valence-corrected chi connectivity index (χ2v) is 12.5. The van der Waals surface area contributed by atoms with Crippen molar-refractivity contribution in [3.05, 3.63) is 12.5 Å². The van der Waals surface area contributed by atoms with Crippen LogP contribution in [0.1, 0.15) is 13.2 Å². The van der Waals surface area contributed by atoms with Crippen molar-refractivity contribution in [3.8, 4) is 11.4 Å². The summed E-state index contributed by atoms with van der Waals surface area (Å²) in [6.07, 6.45) is -2.18. The first-order chi connectivity index (χ1) is 17.4. The van der Waals surface area contributed by atoms with Gasteiger partial charge in [0.05, 0.1) is 17.6 Å². The Kier molecular flexibility index (Phi) is 7.39. The number of rotatable bonds is 9. The third-order valence-corrected chi connectivity index (χ3v) is 9.13. The molecule has 1 saturated heterocycles. The summed E-state index contributed by atoms with van der Waals surface area (Å²) in [6, 6.07) is 0. The molecule has 1 fully saturated rings. The van der Waals surface area contributed by atoms with Crippen molar-refractivity contribution in [1.82, 2.24) is 34.7 Å². The van der Waals surface area contributed by atoms with Crippen LogP contribution >= 0.6 is 23.5 Å². The number of nitrogen functional groups attached to an aromatic ring is 1. The SMILES string of the molecule is Cn1nnnc1-c1cn([C@@H]2O[C@H](COP(=O)(O)OP(=O)(O)OP(=O)(O)O)[C@@H](O)[C@@]2(C)O)c2ncnc(N)c12. The predicted octanol–water partition coefficient (Wildman–Crippen LogP) is -1.44.